The van der Waals surface area contributed by atoms with Crippen LogP contribution < -0.4 is 0 Å². The first kappa shape index (κ1) is 69.6. The van der Waals surface area contributed by atoms with Crippen LogP contribution >= 0.6 is 0 Å². The molecule has 88 heavy (non-hydrogen) atoms. The van der Waals surface area contributed by atoms with Crippen LogP contribution in [0.2, 0.25) is 0 Å². The number of hydrogen-bond acceptors (Lipinski definition) is 31. The van der Waals surface area contributed by atoms with E-state index in [1.165, 1.54) is 0 Å². The van der Waals surface area contributed by atoms with Crippen LogP contribution in [0.15, 0.2) is 0 Å². The van der Waals surface area contributed by atoms with E-state index >= 15 is 0 Å². The molecular formula is C57H96O31. The zero-order valence-electron chi connectivity index (χ0n) is 49.6. The normalized spacial score (nSPS) is 56.0. The molecule has 0 unspecified atom stereocenters. The van der Waals surface area contributed by atoms with Crippen LogP contribution in [0.25, 0.3) is 0 Å². The summed E-state index contributed by atoms with van der Waals surface area (Å²) in [5.74, 6) is -2.06. The number of fused-ring (bicyclic) bond motifs is 7. The summed E-state index contributed by atoms with van der Waals surface area (Å²) in [6.45, 7) is 4.03. The topological polar surface area (TPSA) is 506 Å². The minimum Gasteiger partial charge on any atom is -0.394 e. The van der Waals surface area contributed by atoms with Crippen molar-refractivity contribution >= 4 is 0 Å². The molecule has 10 rings (SSSR count). The molecule has 10 fully saturated rings. The molecule has 4 aliphatic carbocycles. The SMILES string of the molecule is C[C@H](CC[C@@]1(O)O[C@H]2C[C@H]3[C@@H]4C[C@@H](O)[C@H]5C[C@@H](O[C@@H]6O[C@H](CO)[C@H](O[C@@H]7O[C@H](CO)[C@@H](O)[C@H](O[C@@H]8O[C@H](CO)[C@@H](O)[C@H](O)[C@H]8O)[C@H]7O[C@@H]7O[C@H](CO)[C@@H](O)[C@H](O)[C@H]7O)[C@H](O)[C@H]6O)[C@H](O)C[C@]5(C)[C@H]4CC[C@]3(C)[C@H]2[C@@H]1C)CO[C@@H]1O[C@H](CO)[C@@H](O)[C@H](O)[C@H]1O. The van der Waals surface area contributed by atoms with E-state index in [1.807, 2.05) is 13.8 Å². The predicted molar refractivity (Wildman–Crippen MR) is 287 cm³/mol. The lowest BCUT2D eigenvalue weighted by Gasteiger charge is -2.63. The molecule has 31 nitrogen and oxygen atoms in total. The van der Waals surface area contributed by atoms with Gasteiger partial charge in [0.25, 0.3) is 0 Å². The Bertz CT molecular complexity index is 2260. The highest BCUT2D eigenvalue weighted by molar-refractivity contribution is 5.17. The second-order valence-corrected chi connectivity index (χ2v) is 27.4. The van der Waals surface area contributed by atoms with Gasteiger partial charge in [-0.1, -0.05) is 27.7 Å². The zero-order chi connectivity index (χ0) is 64.0. The first-order chi connectivity index (χ1) is 41.6. The molecule has 39 atom stereocenters. The number of rotatable bonds is 19. The zero-order valence-corrected chi connectivity index (χ0v) is 49.6. The summed E-state index contributed by atoms with van der Waals surface area (Å²) in [4.78, 5) is 0. The Morgan fingerprint density at radius 3 is 1.51 bits per heavy atom. The summed E-state index contributed by atoms with van der Waals surface area (Å²) < 4.78 is 65.5. The lowest BCUT2D eigenvalue weighted by atomic mass is 9.43. The average Bonchev–Trinajstić information content (AvgIpc) is 1.48. The Morgan fingerprint density at radius 1 is 0.466 bits per heavy atom. The van der Waals surface area contributed by atoms with Crippen LogP contribution in [-0.4, -0.2) is 326 Å². The van der Waals surface area contributed by atoms with Crippen molar-refractivity contribution in [2.75, 3.05) is 39.6 Å². The highest BCUT2D eigenvalue weighted by atomic mass is 16.8. The molecule has 0 aromatic heterocycles. The van der Waals surface area contributed by atoms with E-state index in [9.17, 15) is 102 Å². The van der Waals surface area contributed by atoms with Crippen molar-refractivity contribution in [2.45, 2.75) is 263 Å². The third-order valence-electron chi connectivity index (χ3n) is 22.3. The van der Waals surface area contributed by atoms with E-state index < -0.39 is 222 Å². The van der Waals surface area contributed by atoms with Gasteiger partial charge < -0.3 is 154 Å². The summed E-state index contributed by atoms with van der Waals surface area (Å²) in [6.07, 6.45) is -44.7. The maximum atomic E-state index is 12.2. The summed E-state index contributed by atoms with van der Waals surface area (Å²) in [7, 11) is 0. The van der Waals surface area contributed by atoms with Gasteiger partial charge in [-0.15, -0.1) is 0 Å². The van der Waals surface area contributed by atoms with Crippen molar-refractivity contribution < 1.29 is 154 Å². The van der Waals surface area contributed by atoms with Gasteiger partial charge >= 0.3 is 0 Å². The quantitative estimate of drug-likeness (QED) is 0.0534. The van der Waals surface area contributed by atoms with Gasteiger partial charge in [-0.25, -0.2) is 0 Å². The lowest BCUT2D eigenvalue weighted by molar-refractivity contribution is -0.407. The van der Waals surface area contributed by atoms with E-state index in [-0.39, 0.29) is 66.5 Å². The Kier molecular flexibility index (Phi) is 21.7. The molecule has 20 N–H and O–H groups in total. The van der Waals surface area contributed by atoms with Gasteiger partial charge in [-0.3, -0.25) is 0 Å². The number of hydrogen-bond donors (Lipinski definition) is 20. The van der Waals surface area contributed by atoms with E-state index in [1.54, 1.807) is 0 Å². The summed E-state index contributed by atoms with van der Waals surface area (Å²) in [5, 5.41) is 217. The van der Waals surface area contributed by atoms with Crippen molar-refractivity contribution in [2.24, 2.45) is 52.3 Å². The fourth-order valence-corrected chi connectivity index (χ4v) is 17.2. The average molecular weight is 1280 g/mol. The standard InChI is InChI=1S/C57H96O31/c1-19(18-78-50-43(73)39(69)35(65)29(13-58)80-50)5-8-57(77)20(2)34-28(88-57)10-23-21-9-25(63)24-11-27(26(64)12-56(24,4)22(21)6-7-55(23,34)3)79-51-46(76)42(72)47(33(17-62)84-51)85-54-49(87-53-45(75)41(71)37(67)31(15-60)82-53)48(38(68)32(16-61)83-54)86-52-44(74)40(70)36(66)30(14-59)81-52/h19-54,58-77H,5-18H2,1-4H3/t19-,20+,21-,22+,23+,24-,25-,26-,27-,28+,29-,30-,31-,32-,33-,34+,35-,36-,37-,38-,39+,40+,41+,42-,43-,44-,45-,46-,47+,48+,49-,50-,51-,52+,53+,54+,55+,56-,57-/m1/s1. The highest BCUT2D eigenvalue weighted by Gasteiger charge is 2.70. The van der Waals surface area contributed by atoms with Crippen LogP contribution in [0.1, 0.15) is 79.1 Å². The van der Waals surface area contributed by atoms with Crippen molar-refractivity contribution in [1.82, 2.24) is 0 Å². The smallest absolute Gasteiger partial charge is 0.187 e. The van der Waals surface area contributed by atoms with Gasteiger partial charge in [0.05, 0.1) is 64.1 Å². The number of ether oxygens (including phenoxy) is 11. The molecule has 4 saturated carbocycles. The minimum atomic E-state index is -2.10. The minimum absolute atomic E-state index is 0.00523. The van der Waals surface area contributed by atoms with Crippen LogP contribution in [0, 0.1) is 52.3 Å². The molecule has 0 radical (unpaired) electrons. The molecule has 0 amide bonds. The number of aliphatic hydroxyl groups is 20. The molecule has 6 aliphatic heterocycles. The summed E-state index contributed by atoms with van der Waals surface area (Å²) >= 11 is 0. The third-order valence-corrected chi connectivity index (χ3v) is 22.3. The van der Waals surface area contributed by atoms with Crippen molar-refractivity contribution in [3.8, 4) is 0 Å². The number of aliphatic hydroxyl groups excluding tert-OH is 19. The summed E-state index contributed by atoms with van der Waals surface area (Å²) in [6, 6.07) is 0. The predicted octanol–water partition coefficient (Wildman–Crippen LogP) is -8.19. The fraction of sp³-hybridized carbons (Fsp3) is 1.00. The largest absolute Gasteiger partial charge is 0.394 e. The van der Waals surface area contributed by atoms with Crippen LogP contribution in [0.5, 0.6) is 0 Å². The van der Waals surface area contributed by atoms with E-state index in [0.717, 1.165) is 12.8 Å². The van der Waals surface area contributed by atoms with Crippen molar-refractivity contribution in [3.63, 3.8) is 0 Å². The fourth-order valence-electron chi connectivity index (χ4n) is 17.2. The van der Waals surface area contributed by atoms with E-state index in [0.29, 0.717) is 25.7 Å². The third kappa shape index (κ3) is 12.5. The molecule has 0 bridgehead atoms. The molecule has 0 aromatic carbocycles. The Labute approximate surface area is 507 Å². The van der Waals surface area contributed by atoms with Gasteiger partial charge in [0.15, 0.2) is 37.2 Å². The molecule has 0 aromatic rings. The Morgan fingerprint density at radius 2 is 0.943 bits per heavy atom. The molecule has 31 heteroatoms. The maximum Gasteiger partial charge on any atom is 0.187 e. The van der Waals surface area contributed by atoms with Crippen LogP contribution in [-0.2, 0) is 52.1 Å². The van der Waals surface area contributed by atoms with Gasteiger partial charge in [-0.2, -0.15) is 0 Å². The first-order valence-corrected chi connectivity index (χ1v) is 31.1. The summed E-state index contributed by atoms with van der Waals surface area (Å²) in [5.41, 5.74) is -0.861. The maximum absolute atomic E-state index is 12.2. The van der Waals surface area contributed by atoms with Gasteiger partial charge in [0.1, 0.15) is 122 Å². The van der Waals surface area contributed by atoms with Gasteiger partial charge in [0.2, 0.25) is 0 Å². The van der Waals surface area contributed by atoms with Crippen LogP contribution in [0.3, 0.4) is 0 Å². The van der Waals surface area contributed by atoms with Gasteiger partial charge in [-0.05, 0) is 91.3 Å². The molecular weight excluding hydrogens is 1180 g/mol. The van der Waals surface area contributed by atoms with Crippen molar-refractivity contribution in [3.05, 3.63) is 0 Å². The monoisotopic (exact) mass is 1280 g/mol. The first-order valence-electron chi connectivity index (χ1n) is 31.1. The second kappa shape index (κ2) is 27.5. The van der Waals surface area contributed by atoms with Crippen LogP contribution in [0.4, 0.5) is 0 Å². The Balaban J connectivity index is 0.788. The van der Waals surface area contributed by atoms with Gasteiger partial charge in [0, 0.05) is 12.3 Å². The van der Waals surface area contributed by atoms with Crippen molar-refractivity contribution in [1.29, 1.82) is 0 Å². The Hall–Kier alpha value is -1.24. The lowest BCUT2D eigenvalue weighted by Crippen LogP contribution is -2.69. The van der Waals surface area contributed by atoms with E-state index in [2.05, 4.69) is 13.8 Å². The van der Waals surface area contributed by atoms with E-state index in [4.69, 9.17) is 52.1 Å². The molecule has 6 heterocycles. The second-order valence-electron chi connectivity index (χ2n) is 27.4. The molecule has 10 aliphatic rings. The highest BCUT2D eigenvalue weighted by Crippen LogP contribution is 2.71. The molecule has 6 saturated heterocycles. The molecule has 510 valence electrons. The molecule has 0 spiro atoms.